The van der Waals surface area contributed by atoms with E-state index in [0.29, 0.717) is 5.03 Å². The van der Waals surface area contributed by atoms with Crippen LogP contribution in [0.15, 0.2) is 29.4 Å². The van der Waals surface area contributed by atoms with Crippen molar-refractivity contribution < 1.29 is 19.5 Å². The summed E-state index contributed by atoms with van der Waals surface area (Å²) in [6, 6.07) is 5.34. The summed E-state index contributed by atoms with van der Waals surface area (Å²) in [7, 11) is 0. The molecule has 1 unspecified atom stereocenters. The second-order valence-corrected chi connectivity index (χ2v) is 4.46. The summed E-state index contributed by atoms with van der Waals surface area (Å²) in [5.74, 6) is -2.04. The molecule has 1 heterocycles. The molecule has 0 saturated carbocycles. The molecule has 0 aliphatic carbocycles. The number of pyridine rings is 1. The van der Waals surface area contributed by atoms with Gasteiger partial charge in [0.15, 0.2) is 0 Å². The molecule has 0 amide bonds. The lowest BCUT2D eigenvalue weighted by molar-refractivity contribution is -0.139. The van der Waals surface area contributed by atoms with Gasteiger partial charge in [-0.15, -0.1) is 11.8 Å². The highest BCUT2D eigenvalue weighted by Gasteiger charge is 2.23. The highest BCUT2D eigenvalue weighted by atomic mass is 32.2. The zero-order valence-corrected chi connectivity index (χ0v) is 10.2. The van der Waals surface area contributed by atoms with Crippen LogP contribution in [0.1, 0.15) is 6.42 Å². The lowest BCUT2D eigenvalue weighted by atomic mass is 10.0. The number of aromatic nitrogens is 1. The standard InChI is InChI=1S/C11H11N3O3S/c12-14-6-9(15)8(5-11(16)17)7-18-10-3-1-2-4-13-10/h1-4,6,8H,5,7H2,(H,16,17). The molecule has 18 heavy (non-hydrogen) atoms. The number of carboxylic acids is 1. The topological polar surface area (TPSA) is 104 Å². The van der Waals surface area contributed by atoms with Crippen LogP contribution in [0.25, 0.3) is 5.53 Å². The number of carboxylic acid groups (broad SMARTS) is 1. The van der Waals surface area contributed by atoms with E-state index in [1.165, 1.54) is 11.8 Å². The molecule has 1 rings (SSSR count). The van der Waals surface area contributed by atoms with Crippen LogP contribution in [0.5, 0.6) is 0 Å². The molecule has 0 bridgehead atoms. The SMILES string of the molecule is [N-]=[N+]=CC(=O)C(CSc1ccccn1)CC(=O)O. The Labute approximate surface area is 108 Å². The van der Waals surface area contributed by atoms with Crippen LogP contribution in [-0.2, 0) is 9.59 Å². The molecule has 7 heteroatoms. The third-order valence-corrected chi connectivity index (χ3v) is 3.18. The number of nitrogens with zero attached hydrogens (tertiary/aromatic N) is 3. The highest BCUT2D eigenvalue weighted by Crippen LogP contribution is 2.20. The molecule has 6 nitrogen and oxygen atoms in total. The van der Waals surface area contributed by atoms with Crippen LogP contribution in [-0.4, -0.2) is 38.6 Å². The summed E-state index contributed by atoms with van der Waals surface area (Å²) < 4.78 is 0. The van der Waals surface area contributed by atoms with E-state index in [0.717, 1.165) is 6.21 Å². The molecule has 1 atom stereocenters. The average molecular weight is 265 g/mol. The van der Waals surface area contributed by atoms with Crippen molar-refractivity contribution in [2.75, 3.05) is 5.75 Å². The van der Waals surface area contributed by atoms with Crippen LogP contribution in [0.4, 0.5) is 0 Å². The van der Waals surface area contributed by atoms with Gasteiger partial charge in [-0.3, -0.25) is 9.59 Å². The summed E-state index contributed by atoms with van der Waals surface area (Å²) in [5, 5.41) is 9.42. The van der Waals surface area contributed by atoms with Crippen molar-refractivity contribution >= 4 is 29.7 Å². The minimum atomic E-state index is -1.07. The molecule has 0 radical (unpaired) electrons. The normalized spacial score (nSPS) is 11.3. The van der Waals surface area contributed by atoms with Gasteiger partial charge in [0.05, 0.1) is 11.4 Å². The Morgan fingerprint density at radius 1 is 1.56 bits per heavy atom. The van der Waals surface area contributed by atoms with E-state index in [1.54, 1.807) is 24.4 Å². The zero-order chi connectivity index (χ0) is 13.4. The number of hydrogen-bond acceptors (Lipinski definition) is 4. The highest BCUT2D eigenvalue weighted by molar-refractivity contribution is 7.99. The van der Waals surface area contributed by atoms with E-state index in [-0.39, 0.29) is 12.2 Å². The Morgan fingerprint density at radius 2 is 2.33 bits per heavy atom. The Hall–Kier alpha value is -1.98. The van der Waals surface area contributed by atoms with Crippen molar-refractivity contribution in [2.24, 2.45) is 5.92 Å². The average Bonchev–Trinajstić information content (AvgIpc) is 2.35. The third-order valence-electron chi connectivity index (χ3n) is 2.08. The lowest BCUT2D eigenvalue weighted by Crippen LogP contribution is -2.22. The molecule has 0 aliphatic rings. The van der Waals surface area contributed by atoms with Gasteiger partial charge >= 0.3 is 12.2 Å². The first-order valence-electron chi connectivity index (χ1n) is 5.10. The van der Waals surface area contributed by atoms with E-state index >= 15 is 0 Å². The zero-order valence-electron chi connectivity index (χ0n) is 9.39. The van der Waals surface area contributed by atoms with Crippen LogP contribution >= 0.6 is 11.8 Å². The van der Waals surface area contributed by atoms with E-state index in [4.69, 9.17) is 10.6 Å². The van der Waals surface area contributed by atoms with E-state index < -0.39 is 17.7 Å². The maximum absolute atomic E-state index is 11.5. The van der Waals surface area contributed by atoms with Gasteiger partial charge in [-0.2, -0.15) is 4.79 Å². The number of aliphatic carboxylic acids is 1. The second-order valence-electron chi connectivity index (χ2n) is 3.42. The molecular formula is C11H11N3O3S. The van der Waals surface area contributed by atoms with Crippen molar-refractivity contribution in [1.29, 1.82) is 0 Å². The van der Waals surface area contributed by atoms with Gasteiger partial charge in [-0.05, 0) is 12.1 Å². The Bertz CT molecular complexity index is 472. The van der Waals surface area contributed by atoms with Gasteiger partial charge in [-0.25, -0.2) is 4.98 Å². The van der Waals surface area contributed by atoms with Gasteiger partial charge in [0.1, 0.15) is 0 Å². The number of rotatable bonds is 7. The van der Waals surface area contributed by atoms with Gasteiger partial charge in [0, 0.05) is 17.9 Å². The van der Waals surface area contributed by atoms with Crippen LogP contribution in [0.3, 0.4) is 0 Å². The van der Waals surface area contributed by atoms with E-state index in [2.05, 4.69) is 9.77 Å². The second kappa shape index (κ2) is 7.37. The fraction of sp³-hybridized carbons (Fsp3) is 0.273. The van der Waals surface area contributed by atoms with E-state index in [1.807, 2.05) is 0 Å². The molecule has 1 N–H and O–H groups in total. The third kappa shape index (κ3) is 4.90. The largest absolute Gasteiger partial charge is 0.481 e. The summed E-state index contributed by atoms with van der Waals surface area (Å²) >= 11 is 1.29. The van der Waals surface area contributed by atoms with Crippen LogP contribution in [0.2, 0.25) is 0 Å². The summed E-state index contributed by atoms with van der Waals surface area (Å²) in [5.41, 5.74) is 8.29. The predicted octanol–water partition coefficient (Wildman–Crippen LogP) is 1.13. The van der Waals surface area contributed by atoms with Gasteiger partial charge in [-0.1, -0.05) is 6.07 Å². The van der Waals surface area contributed by atoms with Crippen molar-refractivity contribution in [3.8, 4) is 0 Å². The van der Waals surface area contributed by atoms with Crippen LogP contribution < -0.4 is 0 Å². The Kier molecular flexibility index (Phi) is 5.76. The molecular weight excluding hydrogens is 254 g/mol. The van der Waals surface area contributed by atoms with Gasteiger partial charge in [0.25, 0.3) is 0 Å². The molecule has 0 aromatic carbocycles. The Morgan fingerprint density at radius 3 is 2.89 bits per heavy atom. The number of carbonyl (C=O) groups is 2. The predicted molar refractivity (Wildman–Crippen MR) is 65.4 cm³/mol. The van der Waals surface area contributed by atoms with Crippen molar-refractivity contribution in [3.63, 3.8) is 0 Å². The number of thioether (sulfide) groups is 1. The smallest absolute Gasteiger partial charge is 0.323 e. The Balaban J connectivity index is 2.64. The minimum absolute atomic E-state index is 0.272. The van der Waals surface area contributed by atoms with Gasteiger partial charge in [0.2, 0.25) is 5.78 Å². The maximum atomic E-state index is 11.5. The van der Waals surface area contributed by atoms with Crippen molar-refractivity contribution in [2.45, 2.75) is 11.4 Å². The molecule has 0 spiro atoms. The lowest BCUT2D eigenvalue weighted by Gasteiger charge is -2.08. The number of ketones is 1. The summed E-state index contributed by atoms with van der Waals surface area (Å²) in [6.45, 7) is 0. The maximum Gasteiger partial charge on any atom is 0.323 e. The van der Waals surface area contributed by atoms with Gasteiger partial charge < -0.3 is 10.6 Å². The first-order valence-corrected chi connectivity index (χ1v) is 6.09. The minimum Gasteiger partial charge on any atom is -0.481 e. The first kappa shape index (κ1) is 14.1. The fourth-order valence-electron chi connectivity index (χ4n) is 1.23. The molecule has 1 aromatic heterocycles. The summed E-state index contributed by atoms with van der Waals surface area (Å²) in [6.07, 6.45) is 2.04. The number of Topliss-reactive ketones (excluding diaryl/α,β-unsaturated/α-hetero) is 1. The summed E-state index contributed by atoms with van der Waals surface area (Å²) in [4.78, 5) is 28.8. The molecule has 94 valence electrons. The quantitative estimate of drug-likeness (QED) is 0.344. The molecule has 0 fully saturated rings. The molecule has 0 saturated heterocycles. The van der Waals surface area contributed by atoms with Crippen molar-refractivity contribution in [1.82, 2.24) is 4.98 Å². The molecule has 0 aliphatic heterocycles. The number of hydrogen-bond donors (Lipinski definition) is 1. The monoisotopic (exact) mass is 265 g/mol. The van der Waals surface area contributed by atoms with E-state index in [9.17, 15) is 9.59 Å². The van der Waals surface area contributed by atoms with Crippen molar-refractivity contribution in [3.05, 3.63) is 29.9 Å². The fourth-order valence-corrected chi connectivity index (χ4v) is 2.20. The van der Waals surface area contributed by atoms with Crippen LogP contribution in [0, 0.1) is 5.92 Å². The first-order chi connectivity index (χ1) is 8.63. The number of carbonyl (C=O) groups excluding carboxylic acids is 1. The molecule has 1 aromatic rings.